The van der Waals surface area contributed by atoms with E-state index in [1.54, 1.807) is 0 Å². The number of likely N-dealkylation sites (tertiary alicyclic amines) is 2. The fourth-order valence-corrected chi connectivity index (χ4v) is 4.37. The average molecular weight is 237 g/mol. The fourth-order valence-electron chi connectivity index (χ4n) is 4.37. The van der Waals surface area contributed by atoms with E-state index >= 15 is 0 Å². The lowest BCUT2D eigenvalue weighted by Crippen LogP contribution is -2.61. The highest BCUT2D eigenvalue weighted by molar-refractivity contribution is 5.05. The molecule has 2 heterocycles. The molecule has 0 aromatic rings. The van der Waals surface area contributed by atoms with Gasteiger partial charge in [0.1, 0.15) is 0 Å². The molecule has 1 atom stereocenters. The van der Waals surface area contributed by atoms with Crippen molar-refractivity contribution in [3.05, 3.63) is 0 Å². The van der Waals surface area contributed by atoms with Gasteiger partial charge >= 0.3 is 0 Å². The molecule has 0 bridgehead atoms. The Kier molecular flexibility index (Phi) is 3.18. The second kappa shape index (κ2) is 4.52. The molecule has 1 unspecified atom stereocenters. The number of nitrogens with two attached hydrogens (primary N) is 1. The standard InChI is InChI=1S/C14H27N3/c1-12-8-14(9-12,11-15)17-7-4-13(10-17)16-5-2-3-6-16/h12-13H,2-11,15H2,1H3. The summed E-state index contributed by atoms with van der Waals surface area (Å²) in [6, 6.07) is 0.830. The fraction of sp³-hybridized carbons (Fsp3) is 1.00. The van der Waals surface area contributed by atoms with E-state index in [1.165, 1.54) is 58.3 Å². The van der Waals surface area contributed by atoms with Crippen LogP contribution in [0.15, 0.2) is 0 Å². The molecule has 1 aliphatic carbocycles. The first-order valence-electron chi connectivity index (χ1n) is 7.43. The van der Waals surface area contributed by atoms with Gasteiger partial charge in [-0.05, 0) is 51.1 Å². The van der Waals surface area contributed by atoms with Crippen molar-refractivity contribution in [1.29, 1.82) is 0 Å². The summed E-state index contributed by atoms with van der Waals surface area (Å²) in [4.78, 5) is 5.43. The van der Waals surface area contributed by atoms with Crippen molar-refractivity contribution in [2.24, 2.45) is 11.7 Å². The lowest BCUT2D eigenvalue weighted by Gasteiger charge is -2.52. The lowest BCUT2D eigenvalue weighted by atomic mass is 9.68. The molecule has 17 heavy (non-hydrogen) atoms. The first kappa shape index (κ1) is 11.9. The molecule has 0 aromatic carbocycles. The Morgan fingerprint density at radius 1 is 1.18 bits per heavy atom. The van der Waals surface area contributed by atoms with Crippen LogP contribution in [0, 0.1) is 5.92 Å². The van der Waals surface area contributed by atoms with E-state index in [2.05, 4.69) is 16.7 Å². The van der Waals surface area contributed by atoms with Crippen molar-refractivity contribution in [1.82, 2.24) is 9.80 Å². The van der Waals surface area contributed by atoms with E-state index in [0.717, 1.165) is 18.5 Å². The summed E-state index contributed by atoms with van der Waals surface area (Å²) in [6.45, 7) is 8.47. The summed E-state index contributed by atoms with van der Waals surface area (Å²) in [7, 11) is 0. The highest BCUT2D eigenvalue weighted by Crippen LogP contribution is 2.43. The van der Waals surface area contributed by atoms with Crippen LogP contribution in [0.5, 0.6) is 0 Å². The Bertz CT molecular complexity index is 267. The predicted molar refractivity (Wildman–Crippen MR) is 71.0 cm³/mol. The van der Waals surface area contributed by atoms with Crippen LogP contribution < -0.4 is 5.73 Å². The second-order valence-electron chi connectivity index (χ2n) is 6.57. The van der Waals surface area contributed by atoms with E-state index in [-0.39, 0.29) is 0 Å². The highest BCUT2D eigenvalue weighted by Gasteiger charge is 2.48. The summed E-state index contributed by atoms with van der Waals surface area (Å²) in [5.74, 6) is 0.893. The Hall–Kier alpha value is -0.120. The van der Waals surface area contributed by atoms with Crippen molar-refractivity contribution in [2.75, 3.05) is 32.7 Å². The minimum absolute atomic E-state index is 0.383. The molecule has 2 saturated heterocycles. The quantitative estimate of drug-likeness (QED) is 0.803. The first-order valence-corrected chi connectivity index (χ1v) is 7.43. The van der Waals surface area contributed by atoms with Gasteiger partial charge in [0.2, 0.25) is 0 Å². The summed E-state index contributed by atoms with van der Waals surface area (Å²) in [6.07, 6.45) is 6.85. The number of hydrogen-bond donors (Lipinski definition) is 1. The smallest absolute Gasteiger partial charge is 0.0337 e. The molecule has 0 spiro atoms. The molecule has 0 aromatic heterocycles. The topological polar surface area (TPSA) is 32.5 Å². The van der Waals surface area contributed by atoms with E-state index < -0.39 is 0 Å². The zero-order valence-electron chi connectivity index (χ0n) is 11.2. The maximum atomic E-state index is 6.05. The molecule has 0 amide bonds. The molecule has 98 valence electrons. The molecule has 3 rings (SSSR count). The van der Waals surface area contributed by atoms with Gasteiger partial charge in [0, 0.05) is 31.2 Å². The molecule has 3 aliphatic rings. The van der Waals surface area contributed by atoms with Gasteiger partial charge in [0.05, 0.1) is 0 Å². The van der Waals surface area contributed by atoms with Crippen LogP contribution in [-0.4, -0.2) is 54.1 Å². The van der Waals surface area contributed by atoms with Crippen LogP contribution in [-0.2, 0) is 0 Å². The van der Waals surface area contributed by atoms with E-state index in [4.69, 9.17) is 5.73 Å². The van der Waals surface area contributed by atoms with Crippen molar-refractivity contribution in [2.45, 2.75) is 50.6 Å². The third kappa shape index (κ3) is 2.02. The van der Waals surface area contributed by atoms with Gasteiger partial charge in [-0.25, -0.2) is 0 Å². The largest absolute Gasteiger partial charge is 0.329 e. The van der Waals surface area contributed by atoms with Gasteiger partial charge < -0.3 is 5.73 Å². The summed E-state index contributed by atoms with van der Waals surface area (Å²) < 4.78 is 0. The highest BCUT2D eigenvalue weighted by atomic mass is 15.3. The number of rotatable bonds is 3. The molecular formula is C14H27N3. The van der Waals surface area contributed by atoms with Gasteiger partial charge in [-0.1, -0.05) is 6.92 Å². The molecular weight excluding hydrogens is 210 g/mol. The third-order valence-electron chi connectivity index (χ3n) is 5.33. The molecule has 1 saturated carbocycles. The first-order chi connectivity index (χ1) is 8.23. The zero-order chi connectivity index (χ0) is 11.9. The lowest BCUT2D eigenvalue weighted by molar-refractivity contribution is -0.000409. The molecule has 3 nitrogen and oxygen atoms in total. The van der Waals surface area contributed by atoms with Crippen LogP contribution >= 0.6 is 0 Å². The molecule has 0 radical (unpaired) electrons. The molecule has 2 N–H and O–H groups in total. The van der Waals surface area contributed by atoms with Gasteiger partial charge in [0.15, 0.2) is 0 Å². The Morgan fingerprint density at radius 3 is 2.47 bits per heavy atom. The van der Waals surface area contributed by atoms with E-state index in [9.17, 15) is 0 Å². The van der Waals surface area contributed by atoms with Gasteiger partial charge in [0.25, 0.3) is 0 Å². The van der Waals surface area contributed by atoms with Crippen molar-refractivity contribution < 1.29 is 0 Å². The van der Waals surface area contributed by atoms with Crippen LogP contribution in [0.3, 0.4) is 0 Å². The SMILES string of the molecule is CC1CC(CN)(N2CCC(N3CCCC3)C2)C1. The van der Waals surface area contributed by atoms with Crippen LogP contribution in [0.2, 0.25) is 0 Å². The molecule has 2 aliphatic heterocycles. The Labute approximate surface area is 105 Å². The zero-order valence-corrected chi connectivity index (χ0v) is 11.2. The summed E-state index contributed by atoms with van der Waals surface area (Å²) in [5.41, 5.74) is 6.44. The van der Waals surface area contributed by atoms with Crippen LogP contribution in [0.25, 0.3) is 0 Å². The Balaban J connectivity index is 1.59. The summed E-state index contributed by atoms with van der Waals surface area (Å²) in [5, 5.41) is 0. The number of nitrogens with zero attached hydrogens (tertiary/aromatic N) is 2. The maximum Gasteiger partial charge on any atom is 0.0337 e. The minimum atomic E-state index is 0.383. The average Bonchev–Trinajstić information content (AvgIpc) is 2.93. The monoisotopic (exact) mass is 237 g/mol. The van der Waals surface area contributed by atoms with E-state index in [1.807, 2.05) is 0 Å². The van der Waals surface area contributed by atoms with Gasteiger partial charge in [-0.15, -0.1) is 0 Å². The maximum absolute atomic E-state index is 6.05. The van der Waals surface area contributed by atoms with Gasteiger partial charge in [-0.3, -0.25) is 9.80 Å². The van der Waals surface area contributed by atoms with Gasteiger partial charge in [-0.2, -0.15) is 0 Å². The Morgan fingerprint density at radius 2 is 1.88 bits per heavy atom. The van der Waals surface area contributed by atoms with Crippen LogP contribution in [0.1, 0.15) is 39.0 Å². The predicted octanol–water partition coefficient (Wildman–Crippen LogP) is 1.28. The van der Waals surface area contributed by atoms with Crippen LogP contribution in [0.4, 0.5) is 0 Å². The van der Waals surface area contributed by atoms with E-state index in [0.29, 0.717) is 5.54 Å². The molecule has 3 fully saturated rings. The van der Waals surface area contributed by atoms with Crippen molar-refractivity contribution in [3.8, 4) is 0 Å². The minimum Gasteiger partial charge on any atom is -0.329 e. The normalized spacial score (nSPS) is 44.1. The van der Waals surface area contributed by atoms with Crippen molar-refractivity contribution in [3.63, 3.8) is 0 Å². The third-order valence-corrected chi connectivity index (χ3v) is 5.33. The number of hydrogen-bond acceptors (Lipinski definition) is 3. The molecule has 3 heteroatoms. The second-order valence-corrected chi connectivity index (χ2v) is 6.57. The summed E-state index contributed by atoms with van der Waals surface area (Å²) >= 11 is 0. The van der Waals surface area contributed by atoms with Crippen molar-refractivity contribution >= 4 is 0 Å².